The van der Waals surface area contributed by atoms with Crippen molar-refractivity contribution in [1.29, 1.82) is 0 Å². The van der Waals surface area contributed by atoms with Crippen LogP contribution in [0.15, 0.2) is 0 Å². The molecule has 2 rings (SSSR count). The maximum atomic E-state index is 5.91. The lowest BCUT2D eigenvalue weighted by molar-refractivity contribution is 0.171. The van der Waals surface area contributed by atoms with E-state index >= 15 is 0 Å². The zero-order valence-electron chi connectivity index (χ0n) is 8.13. The second-order valence-electron chi connectivity index (χ2n) is 4.71. The molecule has 0 bridgehead atoms. The van der Waals surface area contributed by atoms with E-state index in [-0.39, 0.29) is 0 Å². The summed E-state index contributed by atoms with van der Waals surface area (Å²) in [6.07, 6.45) is 8.57. The molecule has 70 valence electrons. The van der Waals surface area contributed by atoms with Crippen LogP contribution in [0.2, 0.25) is 0 Å². The summed E-state index contributed by atoms with van der Waals surface area (Å²) in [5.74, 6) is 2.97. The third-order valence-electron chi connectivity index (χ3n) is 3.82. The number of hydrogen-bond donors (Lipinski definition) is 1. The van der Waals surface area contributed by atoms with E-state index in [9.17, 15) is 0 Å². The van der Waals surface area contributed by atoms with E-state index in [1.54, 1.807) is 0 Å². The molecule has 0 amide bonds. The fraction of sp³-hybridized carbons (Fsp3) is 1.00. The first kappa shape index (κ1) is 8.55. The first-order valence-electron chi connectivity index (χ1n) is 5.58. The summed E-state index contributed by atoms with van der Waals surface area (Å²) < 4.78 is 0. The van der Waals surface area contributed by atoms with Gasteiger partial charge in [0.05, 0.1) is 0 Å². The molecule has 0 heterocycles. The summed E-state index contributed by atoms with van der Waals surface area (Å²) in [7, 11) is 0. The molecule has 0 spiro atoms. The van der Waals surface area contributed by atoms with E-state index in [1.165, 1.54) is 38.5 Å². The van der Waals surface area contributed by atoms with Crippen LogP contribution in [0.3, 0.4) is 0 Å². The Morgan fingerprint density at radius 3 is 2.42 bits per heavy atom. The second-order valence-corrected chi connectivity index (χ2v) is 4.71. The zero-order valence-corrected chi connectivity index (χ0v) is 8.13. The van der Waals surface area contributed by atoms with Gasteiger partial charge in [-0.1, -0.05) is 39.0 Å². The molecule has 2 fully saturated rings. The van der Waals surface area contributed by atoms with Gasteiger partial charge < -0.3 is 5.73 Å². The van der Waals surface area contributed by atoms with Gasteiger partial charge in [0.1, 0.15) is 0 Å². The Hall–Kier alpha value is -0.0400. The van der Waals surface area contributed by atoms with Gasteiger partial charge in [-0.05, 0) is 24.2 Å². The highest BCUT2D eigenvalue weighted by Crippen LogP contribution is 2.48. The first-order chi connectivity index (χ1) is 5.83. The molecule has 0 aromatic carbocycles. The minimum absolute atomic E-state index is 0.571. The Bertz CT molecular complexity index is 146. The lowest BCUT2D eigenvalue weighted by Crippen LogP contribution is -2.25. The van der Waals surface area contributed by atoms with Crippen molar-refractivity contribution >= 4 is 0 Å². The summed E-state index contributed by atoms with van der Waals surface area (Å²) in [4.78, 5) is 0. The van der Waals surface area contributed by atoms with Crippen molar-refractivity contribution in [3.63, 3.8) is 0 Å². The summed E-state index contributed by atoms with van der Waals surface area (Å²) in [6, 6.07) is 0.571. The topological polar surface area (TPSA) is 26.0 Å². The van der Waals surface area contributed by atoms with Gasteiger partial charge in [0, 0.05) is 6.04 Å². The van der Waals surface area contributed by atoms with Crippen molar-refractivity contribution in [3.8, 4) is 0 Å². The van der Waals surface area contributed by atoms with Gasteiger partial charge in [-0.25, -0.2) is 0 Å². The maximum Gasteiger partial charge on any atom is 0.00738 e. The molecular formula is C11H21N. The van der Waals surface area contributed by atoms with Crippen LogP contribution in [0, 0.1) is 17.8 Å². The quantitative estimate of drug-likeness (QED) is 0.684. The summed E-state index contributed by atoms with van der Waals surface area (Å²) in [5.41, 5.74) is 5.91. The summed E-state index contributed by atoms with van der Waals surface area (Å²) in [5, 5.41) is 0. The average molecular weight is 167 g/mol. The minimum atomic E-state index is 0.571. The third kappa shape index (κ3) is 1.52. The van der Waals surface area contributed by atoms with Crippen molar-refractivity contribution in [1.82, 2.24) is 0 Å². The number of rotatable bonds is 4. The standard InChI is InChI=1S/C11H21N/c1-2-4-9(8-5-3-6-8)10-7-11(10)12/h8-11H,2-7,12H2,1H3. The Balaban J connectivity index is 1.84. The van der Waals surface area contributed by atoms with E-state index in [0.29, 0.717) is 6.04 Å². The average Bonchev–Trinajstić information content (AvgIpc) is 2.62. The Labute approximate surface area is 75.7 Å². The molecule has 1 nitrogen and oxygen atoms in total. The SMILES string of the molecule is CCCC(C1CCC1)C1CC1N. The molecule has 0 aliphatic heterocycles. The molecule has 2 aliphatic rings. The van der Waals surface area contributed by atoms with Crippen LogP contribution >= 0.6 is 0 Å². The zero-order chi connectivity index (χ0) is 8.55. The molecule has 2 N–H and O–H groups in total. The van der Waals surface area contributed by atoms with E-state index in [0.717, 1.165) is 17.8 Å². The van der Waals surface area contributed by atoms with Crippen molar-refractivity contribution in [2.24, 2.45) is 23.5 Å². The Morgan fingerprint density at radius 2 is 2.08 bits per heavy atom. The number of hydrogen-bond acceptors (Lipinski definition) is 1. The van der Waals surface area contributed by atoms with Crippen molar-refractivity contribution < 1.29 is 0 Å². The monoisotopic (exact) mass is 167 g/mol. The van der Waals surface area contributed by atoms with Crippen LogP contribution in [-0.4, -0.2) is 6.04 Å². The van der Waals surface area contributed by atoms with Crippen LogP contribution in [0.5, 0.6) is 0 Å². The smallest absolute Gasteiger partial charge is 0.00738 e. The molecule has 12 heavy (non-hydrogen) atoms. The van der Waals surface area contributed by atoms with Crippen LogP contribution in [0.25, 0.3) is 0 Å². The van der Waals surface area contributed by atoms with Crippen LogP contribution in [-0.2, 0) is 0 Å². The van der Waals surface area contributed by atoms with Crippen molar-refractivity contribution in [2.45, 2.75) is 51.5 Å². The molecule has 0 saturated heterocycles. The molecule has 2 saturated carbocycles. The Kier molecular flexibility index (Phi) is 2.40. The van der Waals surface area contributed by atoms with E-state index in [4.69, 9.17) is 5.73 Å². The van der Waals surface area contributed by atoms with E-state index < -0.39 is 0 Å². The van der Waals surface area contributed by atoms with E-state index in [1.807, 2.05) is 0 Å². The highest BCUT2D eigenvalue weighted by atomic mass is 14.8. The minimum Gasteiger partial charge on any atom is -0.327 e. The predicted molar refractivity (Wildman–Crippen MR) is 51.8 cm³/mol. The first-order valence-corrected chi connectivity index (χ1v) is 5.58. The highest BCUT2D eigenvalue weighted by Gasteiger charge is 2.44. The largest absolute Gasteiger partial charge is 0.327 e. The second kappa shape index (κ2) is 3.37. The van der Waals surface area contributed by atoms with Crippen LogP contribution < -0.4 is 5.73 Å². The molecule has 3 unspecified atom stereocenters. The normalized spacial score (nSPS) is 37.5. The summed E-state index contributed by atoms with van der Waals surface area (Å²) in [6.45, 7) is 2.31. The number of nitrogens with two attached hydrogens (primary N) is 1. The molecule has 0 aromatic heterocycles. The third-order valence-corrected chi connectivity index (χ3v) is 3.82. The van der Waals surface area contributed by atoms with Gasteiger partial charge in [-0.3, -0.25) is 0 Å². The van der Waals surface area contributed by atoms with Gasteiger partial charge in [-0.15, -0.1) is 0 Å². The molecule has 0 aromatic rings. The van der Waals surface area contributed by atoms with Gasteiger partial charge >= 0.3 is 0 Å². The van der Waals surface area contributed by atoms with Gasteiger partial charge in [0.15, 0.2) is 0 Å². The van der Waals surface area contributed by atoms with Gasteiger partial charge in [0.25, 0.3) is 0 Å². The molecular weight excluding hydrogens is 146 g/mol. The van der Waals surface area contributed by atoms with Crippen molar-refractivity contribution in [3.05, 3.63) is 0 Å². The highest BCUT2D eigenvalue weighted by molar-refractivity contribution is 4.98. The maximum absolute atomic E-state index is 5.91. The fourth-order valence-electron chi connectivity index (χ4n) is 2.73. The van der Waals surface area contributed by atoms with Gasteiger partial charge in [0.2, 0.25) is 0 Å². The summed E-state index contributed by atoms with van der Waals surface area (Å²) >= 11 is 0. The van der Waals surface area contributed by atoms with E-state index in [2.05, 4.69) is 6.92 Å². The lowest BCUT2D eigenvalue weighted by atomic mass is 9.72. The lowest BCUT2D eigenvalue weighted by Gasteiger charge is -2.34. The van der Waals surface area contributed by atoms with Crippen LogP contribution in [0.4, 0.5) is 0 Å². The fourth-order valence-corrected chi connectivity index (χ4v) is 2.73. The molecule has 0 radical (unpaired) electrons. The van der Waals surface area contributed by atoms with Crippen molar-refractivity contribution in [2.75, 3.05) is 0 Å². The predicted octanol–water partition coefficient (Wildman–Crippen LogP) is 2.55. The molecule has 2 aliphatic carbocycles. The molecule has 1 heteroatoms. The Morgan fingerprint density at radius 1 is 1.42 bits per heavy atom. The molecule has 3 atom stereocenters. The van der Waals surface area contributed by atoms with Gasteiger partial charge in [-0.2, -0.15) is 0 Å². The van der Waals surface area contributed by atoms with Crippen LogP contribution in [0.1, 0.15) is 45.4 Å².